The van der Waals surface area contributed by atoms with E-state index in [9.17, 15) is 4.79 Å². The zero-order valence-electron chi connectivity index (χ0n) is 11.5. The smallest absolute Gasteiger partial charge is 0.155 e. The maximum atomic E-state index is 12.4. The number of ether oxygens (including phenoxy) is 2. The third kappa shape index (κ3) is 3.76. The van der Waals surface area contributed by atoms with Crippen molar-refractivity contribution in [3.05, 3.63) is 0 Å². The van der Waals surface area contributed by atoms with Gasteiger partial charge < -0.3 is 9.47 Å². The number of carbonyl (C=O) groups is 1. The lowest BCUT2D eigenvalue weighted by Crippen LogP contribution is -2.55. The number of Topliss-reactive ketones (excluding diaryl/α,β-unsaturated/α-hetero) is 1. The molecule has 0 aromatic heterocycles. The van der Waals surface area contributed by atoms with E-state index in [0.717, 1.165) is 32.7 Å². The van der Waals surface area contributed by atoms with E-state index in [-0.39, 0.29) is 5.92 Å². The van der Waals surface area contributed by atoms with Gasteiger partial charge in [0.25, 0.3) is 0 Å². The Balaban J connectivity index is 2.57. The van der Waals surface area contributed by atoms with Crippen molar-refractivity contribution in [2.24, 2.45) is 5.92 Å². The van der Waals surface area contributed by atoms with Crippen LogP contribution >= 0.6 is 0 Å². The predicted octanol–water partition coefficient (Wildman–Crippen LogP) is 1.34. The molecule has 4 heteroatoms. The molecule has 1 rings (SSSR count). The maximum Gasteiger partial charge on any atom is 0.155 e. The van der Waals surface area contributed by atoms with Crippen LogP contribution in [-0.4, -0.2) is 56.2 Å². The second-order valence-electron chi connectivity index (χ2n) is 5.21. The summed E-state index contributed by atoms with van der Waals surface area (Å²) in [6.45, 7) is 9.81. The number of hydrogen-bond acceptors (Lipinski definition) is 4. The summed E-state index contributed by atoms with van der Waals surface area (Å²) in [6.07, 6.45) is 0.795. The first-order chi connectivity index (χ1) is 8.00. The van der Waals surface area contributed by atoms with Crippen LogP contribution in [0.4, 0.5) is 0 Å². The molecule has 4 nitrogen and oxygen atoms in total. The van der Waals surface area contributed by atoms with Gasteiger partial charge in [-0.2, -0.15) is 0 Å². The molecule has 0 bridgehead atoms. The number of carbonyl (C=O) groups excluding carboxylic acids is 1. The van der Waals surface area contributed by atoms with Crippen molar-refractivity contribution in [1.29, 1.82) is 0 Å². The summed E-state index contributed by atoms with van der Waals surface area (Å²) in [4.78, 5) is 14.7. The zero-order chi connectivity index (χ0) is 12.9. The lowest BCUT2D eigenvalue weighted by molar-refractivity contribution is -0.136. The van der Waals surface area contributed by atoms with Crippen LogP contribution in [0.3, 0.4) is 0 Å². The monoisotopic (exact) mass is 243 g/mol. The predicted molar refractivity (Wildman–Crippen MR) is 67.1 cm³/mol. The van der Waals surface area contributed by atoms with Crippen LogP contribution < -0.4 is 0 Å². The highest BCUT2D eigenvalue weighted by Crippen LogP contribution is 2.22. The second-order valence-corrected chi connectivity index (χ2v) is 5.21. The van der Waals surface area contributed by atoms with Crippen LogP contribution in [-0.2, 0) is 14.3 Å². The fourth-order valence-corrected chi connectivity index (χ4v) is 2.31. The summed E-state index contributed by atoms with van der Waals surface area (Å²) >= 11 is 0. The van der Waals surface area contributed by atoms with E-state index in [1.54, 1.807) is 7.11 Å². The lowest BCUT2D eigenvalue weighted by Gasteiger charge is -2.40. The van der Waals surface area contributed by atoms with Crippen LogP contribution in [0.2, 0.25) is 0 Å². The van der Waals surface area contributed by atoms with Crippen molar-refractivity contribution < 1.29 is 14.3 Å². The van der Waals surface area contributed by atoms with Crippen molar-refractivity contribution >= 4 is 5.78 Å². The molecule has 0 N–H and O–H groups in total. The average Bonchev–Trinajstić information content (AvgIpc) is 2.36. The number of rotatable bonds is 6. The van der Waals surface area contributed by atoms with Crippen molar-refractivity contribution in [1.82, 2.24) is 4.90 Å². The average molecular weight is 243 g/mol. The Morgan fingerprint density at radius 1 is 1.41 bits per heavy atom. The van der Waals surface area contributed by atoms with Crippen LogP contribution in [0, 0.1) is 5.92 Å². The van der Waals surface area contributed by atoms with Gasteiger partial charge in [0.05, 0.1) is 18.8 Å². The van der Waals surface area contributed by atoms with E-state index < -0.39 is 5.54 Å². The largest absolute Gasteiger partial charge is 0.385 e. The Morgan fingerprint density at radius 2 is 2.00 bits per heavy atom. The van der Waals surface area contributed by atoms with Crippen LogP contribution in [0.15, 0.2) is 0 Å². The second kappa shape index (κ2) is 6.47. The normalized spacial score (nSPS) is 20.2. The molecular weight excluding hydrogens is 218 g/mol. The number of nitrogens with zero attached hydrogens (tertiary/aromatic N) is 1. The van der Waals surface area contributed by atoms with Crippen LogP contribution in [0.5, 0.6) is 0 Å². The van der Waals surface area contributed by atoms with E-state index >= 15 is 0 Å². The summed E-state index contributed by atoms with van der Waals surface area (Å²) in [5.74, 6) is 0.351. The van der Waals surface area contributed by atoms with E-state index in [4.69, 9.17) is 9.47 Å². The topological polar surface area (TPSA) is 38.8 Å². The molecule has 0 aliphatic carbocycles. The van der Waals surface area contributed by atoms with Crippen molar-refractivity contribution in [2.75, 3.05) is 40.0 Å². The molecule has 0 amide bonds. The number of hydrogen-bond donors (Lipinski definition) is 0. The van der Waals surface area contributed by atoms with Gasteiger partial charge in [0.1, 0.15) is 0 Å². The van der Waals surface area contributed by atoms with Gasteiger partial charge in [-0.3, -0.25) is 9.69 Å². The molecule has 1 unspecified atom stereocenters. The summed E-state index contributed by atoms with van der Waals surface area (Å²) < 4.78 is 10.4. The molecule has 0 spiro atoms. The Kier molecular flexibility index (Phi) is 5.56. The molecule has 0 radical (unpaired) electrons. The highest BCUT2D eigenvalue weighted by Gasteiger charge is 2.37. The standard InChI is InChI=1S/C13H25NO3/c1-11(5-8-16-4)12(15)13(2,3)14-6-9-17-10-7-14/h11H,5-10H2,1-4H3. The molecule has 1 heterocycles. The quantitative estimate of drug-likeness (QED) is 0.705. The third-order valence-corrected chi connectivity index (χ3v) is 3.61. The number of ketones is 1. The third-order valence-electron chi connectivity index (χ3n) is 3.61. The molecule has 1 aliphatic heterocycles. The van der Waals surface area contributed by atoms with Gasteiger partial charge in [-0.25, -0.2) is 0 Å². The molecule has 0 aromatic carbocycles. The fourth-order valence-electron chi connectivity index (χ4n) is 2.31. The van der Waals surface area contributed by atoms with Crippen LogP contribution in [0.1, 0.15) is 27.2 Å². The molecule has 100 valence electrons. The van der Waals surface area contributed by atoms with Gasteiger partial charge >= 0.3 is 0 Å². The molecule has 1 atom stereocenters. The Hall–Kier alpha value is -0.450. The van der Waals surface area contributed by atoms with Crippen molar-refractivity contribution in [3.63, 3.8) is 0 Å². The lowest BCUT2D eigenvalue weighted by atomic mass is 9.86. The molecule has 0 aromatic rings. The van der Waals surface area contributed by atoms with Crippen LogP contribution in [0.25, 0.3) is 0 Å². The van der Waals surface area contributed by atoms with E-state index in [1.807, 2.05) is 20.8 Å². The first-order valence-electron chi connectivity index (χ1n) is 6.36. The highest BCUT2D eigenvalue weighted by atomic mass is 16.5. The molecule has 1 fully saturated rings. The van der Waals surface area contributed by atoms with Crippen molar-refractivity contribution in [3.8, 4) is 0 Å². The van der Waals surface area contributed by atoms with Gasteiger partial charge in [-0.1, -0.05) is 6.92 Å². The fraction of sp³-hybridized carbons (Fsp3) is 0.923. The van der Waals surface area contributed by atoms with Gasteiger partial charge in [-0.15, -0.1) is 0 Å². The van der Waals surface area contributed by atoms with Gasteiger partial charge in [-0.05, 0) is 20.3 Å². The summed E-state index contributed by atoms with van der Waals surface area (Å²) in [7, 11) is 1.67. The van der Waals surface area contributed by atoms with Crippen molar-refractivity contribution in [2.45, 2.75) is 32.7 Å². The minimum absolute atomic E-state index is 0.0489. The first kappa shape index (κ1) is 14.6. The minimum Gasteiger partial charge on any atom is -0.385 e. The highest BCUT2D eigenvalue weighted by molar-refractivity contribution is 5.89. The Morgan fingerprint density at radius 3 is 2.53 bits per heavy atom. The molecule has 1 aliphatic rings. The minimum atomic E-state index is -0.392. The Bertz CT molecular complexity index is 247. The van der Waals surface area contributed by atoms with Gasteiger partial charge in [0, 0.05) is 32.7 Å². The molecule has 17 heavy (non-hydrogen) atoms. The molecular formula is C13H25NO3. The maximum absolute atomic E-state index is 12.4. The van der Waals surface area contributed by atoms with Gasteiger partial charge in [0.2, 0.25) is 0 Å². The molecule has 0 saturated carbocycles. The first-order valence-corrected chi connectivity index (χ1v) is 6.36. The summed E-state index contributed by atoms with van der Waals surface area (Å²) in [5, 5.41) is 0. The Labute approximate surface area is 104 Å². The summed E-state index contributed by atoms with van der Waals surface area (Å²) in [5.41, 5.74) is -0.392. The number of morpholine rings is 1. The van der Waals surface area contributed by atoms with E-state index in [0.29, 0.717) is 12.4 Å². The van der Waals surface area contributed by atoms with E-state index in [2.05, 4.69) is 4.90 Å². The van der Waals surface area contributed by atoms with Gasteiger partial charge in [0.15, 0.2) is 5.78 Å². The molecule has 1 saturated heterocycles. The number of methoxy groups -OCH3 is 1. The summed E-state index contributed by atoms with van der Waals surface area (Å²) in [6, 6.07) is 0. The zero-order valence-corrected chi connectivity index (χ0v) is 11.5. The van der Waals surface area contributed by atoms with E-state index in [1.165, 1.54) is 0 Å². The SMILES string of the molecule is COCCC(C)C(=O)C(C)(C)N1CCOCC1.